The van der Waals surface area contributed by atoms with Crippen molar-refractivity contribution in [3.8, 4) is 0 Å². The molecule has 0 amide bonds. The molecule has 3 aromatic rings. The molecule has 0 atom stereocenters. The Bertz CT molecular complexity index is 929. The first-order chi connectivity index (χ1) is 11.1. The van der Waals surface area contributed by atoms with Gasteiger partial charge < -0.3 is 9.15 Å². The van der Waals surface area contributed by atoms with E-state index in [4.69, 9.17) is 9.15 Å². The van der Waals surface area contributed by atoms with Gasteiger partial charge in [-0.25, -0.2) is 9.59 Å². The van der Waals surface area contributed by atoms with Crippen LogP contribution in [0.5, 0.6) is 0 Å². The lowest BCUT2D eigenvalue weighted by Crippen LogP contribution is -2.08. The van der Waals surface area contributed by atoms with Crippen molar-refractivity contribution in [2.45, 2.75) is 26.9 Å². The number of hydrogen-bond donors (Lipinski definition) is 0. The molecule has 0 bridgehead atoms. The first-order valence-corrected chi connectivity index (χ1v) is 7.87. The third-order valence-corrected chi connectivity index (χ3v) is 4.17. The predicted octanol–water partition coefficient (Wildman–Crippen LogP) is 2.87. The molecule has 0 saturated carbocycles. The quantitative estimate of drug-likeness (QED) is 0.540. The number of hydrogen-bond acceptors (Lipinski definition) is 7. The lowest BCUT2D eigenvalue weighted by Gasteiger charge is -2.07. The molecule has 118 valence electrons. The molecule has 1 aromatic carbocycles. The van der Waals surface area contributed by atoms with E-state index in [0.29, 0.717) is 28.1 Å². The number of benzene rings is 1. The van der Waals surface area contributed by atoms with E-state index in [0.717, 1.165) is 22.5 Å². The minimum absolute atomic E-state index is 0.00888. The fourth-order valence-electron chi connectivity index (χ4n) is 2.26. The zero-order valence-electron chi connectivity index (χ0n) is 12.7. The average Bonchev–Trinajstić information content (AvgIpc) is 3.00. The smallest absolute Gasteiger partial charge is 0.352 e. The van der Waals surface area contributed by atoms with Crippen LogP contribution >= 0.6 is 11.5 Å². The molecule has 0 aliphatic rings. The number of rotatable bonds is 4. The van der Waals surface area contributed by atoms with E-state index in [9.17, 15) is 9.59 Å². The molecule has 0 aliphatic heterocycles. The predicted molar refractivity (Wildman–Crippen MR) is 85.6 cm³/mol. The highest BCUT2D eigenvalue weighted by Gasteiger charge is 2.17. The van der Waals surface area contributed by atoms with E-state index in [2.05, 4.69) is 9.59 Å². The molecular formula is C16H14N2O4S. The molecule has 3 rings (SSSR count). The Balaban J connectivity index is 1.87. The molecule has 0 saturated heterocycles. The Kier molecular flexibility index (Phi) is 4.20. The topological polar surface area (TPSA) is 82.3 Å². The zero-order valence-corrected chi connectivity index (χ0v) is 13.5. The maximum Gasteiger partial charge on any atom is 0.352 e. The van der Waals surface area contributed by atoms with Crippen LogP contribution in [0.2, 0.25) is 0 Å². The molecule has 0 fully saturated rings. The number of carbonyl (C=O) groups is 1. The van der Waals surface area contributed by atoms with Crippen LogP contribution in [0.1, 0.15) is 33.4 Å². The van der Waals surface area contributed by atoms with Crippen molar-refractivity contribution in [2.24, 2.45) is 0 Å². The highest BCUT2D eigenvalue weighted by Crippen LogP contribution is 2.20. The Morgan fingerprint density at radius 3 is 2.96 bits per heavy atom. The summed E-state index contributed by atoms with van der Waals surface area (Å²) in [7, 11) is 0. The van der Waals surface area contributed by atoms with Gasteiger partial charge in [0.2, 0.25) is 0 Å². The minimum atomic E-state index is -0.481. The van der Waals surface area contributed by atoms with E-state index >= 15 is 0 Å². The van der Waals surface area contributed by atoms with E-state index in [1.807, 2.05) is 26.0 Å². The minimum Gasteiger partial charge on any atom is -0.457 e. The van der Waals surface area contributed by atoms with Gasteiger partial charge in [-0.05, 0) is 36.5 Å². The zero-order chi connectivity index (χ0) is 16.4. The number of fused-ring (bicyclic) bond motifs is 1. The van der Waals surface area contributed by atoms with Gasteiger partial charge in [0, 0.05) is 17.0 Å². The summed E-state index contributed by atoms with van der Waals surface area (Å²) in [6, 6.07) is 6.89. The van der Waals surface area contributed by atoms with Gasteiger partial charge in [0.15, 0.2) is 4.88 Å². The molecule has 0 spiro atoms. The SMILES string of the molecule is CCc1nnsc1C(=O)OCc1cc(=O)oc2cc(C)ccc12. The Morgan fingerprint density at radius 1 is 1.35 bits per heavy atom. The van der Waals surface area contributed by atoms with Crippen LogP contribution in [0.25, 0.3) is 11.0 Å². The molecular weight excluding hydrogens is 316 g/mol. The lowest BCUT2D eigenvalue weighted by atomic mass is 10.1. The Labute approximate surface area is 135 Å². The standard InChI is InChI=1S/C16H14N2O4S/c1-3-12-15(23-18-17-12)16(20)21-8-10-7-14(19)22-13-6-9(2)4-5-11(10)13/h4-7H,3,8H2,1-2H3. The molecule has 7 heteroatoms. The average molecular weight is 330 g/mol. The summed E-state index contributed by atoms with van der Waals surface area (Å²) < 4.78 is 14.3. The third-order valence-electron chi connectivity index (χ3n) is 3.42. The van der Waals surface area contributed by atoms with E-state index in [1.54, 1.807) is 6.07 Å². The van der Waals surface area contributed by atoms with Crippen LogP contribution in [0.3, 0.4) is 0 Å². The summed E-state index contributed by atoms with van der Waals surface area (Å²) in [6.45, 7) is 3.80. The molecule has 2 heterocycles. The van der Waals surface area contributed by atoms with Crippen LogP contribution in [0.4, 0.5) is 0 Å². The lowest BCUT2D eigenvalue weighted by molar-refractivity contribution is 0.0478. The molecule has 0 aliphatic carbocycles. The van der Waals surface area contributed by atoms with Crippen LogP contribution in [0, 0.1) is 6.92 Å². The largest absolute Gasteiger partial charge is 0.457 e. The number of carbonyl (C=O) groups excluding carboxylic acids is 1. The van der Waals surface area contributed by atoms with Crippen LogP contribution in [-0.2, 0) is 17.8 Å². The number of esters is 1. The van der Waals surface area contributed by atoms with Crippen LogP contribution < -0.4 is 5.63 Å². The highest BCUT2D eigenvalue weighted by atomic mass is 32.1. The summed E-state index contributed by atoms with van der Waals surface area (Å²) in [5, 5.41) is 4.64. The van der Waals surface area contributed by atoms with Crippen molar-refractivity contribution in [2.75, 3.05) is 0 Å². The van der Waals surface area contributed by atoms with E-state index < -0.39 is 11.6 Å². The van der Waals surface area contributed by atoms with Crippen molar-refractivity contribution in [1.29, 1.82) is 0 Å². The van der Waals surface area contributed by atoms with Gasteiger partial charge in [-0.15, -0.1) is 5.10 Å². The second kappa shape index (κ2) is 6.29. The maximum absolute atomic E-state index is 12.1. The second-order valence-electron chi connectivity index (χ2n) is 5.07. The summed E-state index contributed by atoms with van der Waals surface area (Å²) in [4.78, 5) is 24.2. The second-order valence-corrected chi connectivity index (χ2v) is 5.82. The number of nitrogens with zero attached hydrogens (tertiary/aromatic N) is 2. The van der Waals surface area contributed by atoms with E-state index in [-0.39, 0.29) is 6.61 Å². The fraction of sp³-hybridized carbons (Fsp3) is 0.250. The van der Waals surface area contributed by atoms with Gasteiger partial charge >= 0.3 is 11.6 Å². The van der Waals surface area contributed by atoms with Crippen molar-refractivity contribution in [3.05, 3.63) is 56.4 Å². The highest BCUT2D eigenvalue weighted by molar-refractivity contribution is 7.07. The van der Waals surface area contributed by atoms with Crippen molar-refractivity contribution in [3.63, 3.8) is 0 Å². The van der Waals surface area contributed by atoms with Crippen molar-refractivity contribution >= 4 is 28.5 Å². The van der Waals surface area contributed by atoms with E-state index in [1.165, 1.54) is 6.07 Å². The maximum atomic E-state index is 12.1. The normalized spacial score (nSPS) is 10.9. The summed E-state index contributed by atoms with van der Waals surface area (Å²) >= 11 is 1.01. The first-order valence-electron chi connectivity index (χ1n) is 7.10. The Morgan fingerprint density at radius 2 is 2.17 bits per heavy atom. The summed E-state index contributed by atoms with van der Waals surface area (Å²) in [6.07, 6.45) is 0.609. The Hall–Kier alpha value is -2.54. The monoisotopic (exact) mass is 330 g/mol. The van der Waals surface area contributed by atoms with Gasteiger partial charge in [-0.1, -0.05) is 23.5 Å². The van der Waals surface area contributed by atoms with Gasteiger partial charge in [0.25, 0.3) is 0 Å². The molecule has 6 nitrogen and oxygen atoms in total. The number of aromatic nitrogens is 2. The van der Waals surface area contributed by atoms with Gasteiger partial charge in [-0.3, -0.25) is 0 Å². The first kappa shape index (κ1) is 15.4. The fourth-order valence-corrected chi connectivity index (χ4v) is 2.91. The number of ether oxygens (including phenoxy) is 1. The third kappa shape index (κ3) is 3.14. The van der Waals surface area contributed by atoms with Gasteiger partial charge in [-0.2, -0.15) is 0 Å². The molecule has 0 radical (unpaired) electrons. The van der Waals surface area contributed by atoms with Gasteiger partial charge in [0.1, 0.15) is 12.2 Å². The molecule has 23 heavy (non-hydrogen) atoms. The molecule has 2 aromatic heterocycles. The number of aryl methyl sites for hydroxylation is 2. The molecule has 0 N–H and O–H groups in total. The summed E-state index contributed by atoms with van der Waals surface area (Å²) in [5.41, 5.74) is 2.23. The molecule has 0 unspecified atom stereocenters. The van der Waals surface area contributed by atoms with Crippen molar-refractivity contribution in [1.82, 2.24) is 9.59 Å². The van der Waals surface area contributed by atoms with Crippen LogP contribution in [-0.4, -0.2) is 15.6 Å². The summed E-state index contributed by atoms with van der Waals surface area (Å²) in [5.74, 6) is -0.481. The van der Waals surface area contributed by atoms with Gasteiger partial charge in [0.05, 0.1) is 5.69 Å². The van der Waals surface area contributed by atoms with Crippen molar-refractivity contribution < 1.29 is 13.9 Å². The van der Waals surface area contributed by atoms with Crippen LogP contribution in [0.15, 0.2) is 33.5 Å².